The first-order valence-corrected chi connectivity index (χ1v) is 10.5. The number of aliphatic carboxylic acids is 1. The molecule has 2 atom stereocenters. The lowest BCUT2D eigenvalue weighted by atomic mass is 10.2. The standard InChI is InChI=1S/C13H21NO4.C7H8O3S/c1-5-9-8-13(9,11(16)17)14-7-6-10(15)18-12(2,3)4;1-6-2-4-7(5-3-6)11(8,9)10/h5,9,14H,1,6-8H2,2-4H3,(H,16,17);2-5H,1H3,(H,8,9,10)/t9-,13-;/m1./s1. The zero-order chi connectivity index (χ0) is 22.5. The number of hydrogen-bond acceptors (Lipinski definition) is 6. The summed E-state index contributed by atoms with van der Waals surface area (Å²) >= 11 is 0. The third-order valence-electron chi connectivity index (χ3n) is 4.19. The molecular formula is C20H29NO7S. The molecule has 0 spiro atoms. The minimum Gasteiger partial charge on any atom is -0.480 e. The van der Waals surface area contributed by atoms with E-state index in [1.807, 2.05) is 6.92 Å². The Kier molecular flexibility index (Phi) is 8.14. The first-order chi connectivity index (χ1) is 13.2. The number of rotatable bonds is 7. The van der Waals surface area contributed by atoms with Gasteiger partial charge in [-0.2, -0.15) is 8.42 Å². The first kappa shape index (κ1) is 24.8. The Balaban J connectivity index is 0.000000326. The summed E-state index contributed by atoms with van der Waals surface area (Å²) in [6.07, 6.45) is 2.32. The summed E-state index contributed by atoms with van der Waals surface area (Å²) in [5, 5.41) is 12.0. The van der Waals surface area contributed by atoms with Crippen molar-refractivity contribution in [2.24, 2.45) is 5.92 Å². The number of ether oxygens (including phenoxy) is 1. The van der Waals surface area contributed by atoms with Crippen molar-refractivity contribution < 1.29 is 32.4 Å². The second-order valence-corrected chi connectivity index (χ2v) is 9.30. The van der Waals surface area contributed by atoms with Gasteiger partial charge in [-0.25, -0.2) is 0 Å². The molecule has 3 N–H and O–H groups in total. The highest BCUT2D eigenvalue weighted by Crippen LogP contribution is 2.44. The third kappa shape index (κ3) is 7.96. The molecule has 0 bridgehead atoms. The van der Waals surface area contributed by atoms with E-state index in [0.29, 0.717) is 13.0 Å². The highest BCUT2D eigenvalue weighted by molar-refractivity contribution is 7.85. The molecule has 0 heterocycles. The van der Waals surface area contributed by atoms with Gasteiger partial charge in [0.2, 0.25) is 0 Å². The Labute approximate surface area is 171 Å². The number of hydrogen-bond donors (Lipinski definition) is 3. The van der Waals surface area contributed by atoms with Gasteiger partial charge in [-0.15, -0.1) is 6.58 Å². The second-order valence-electron chi connectivity index (χ2n) is 7.87. The van der Waals surface area contributed by atoms with Gasteiger partial charge in [0.25, 0.3) is 10.1 Å². The molecule has 0 unspecified atom stereocenters. The maximum Gasteiger partial charge on any atom is 0.324 e. The Bertz CT molecular complexity index is 841. The van der Waals surface area contributed by atoms with Gasteiger partial charge in [-0.05, 0) is 46.2 Å². The molecule has 0 radical (unpaired) electrons. The van der Waals surface area contributed by atoms with Crippen molar-refractivity contribution in [1.82, 2.24) is 5.32 Å². The SMILES string of the molecule is C=C[C@@H]1C[C@]1(NCCC(=O)OC(C)(C)C)C(=O)O.Cc1ccc(S(=O)(=O)O)cc1. The molecule has 9 heteroatoms. The molecule has 1 aromatic rings. The predicted molar refractivity (Wildman–Crippen MR) is 108 cm³/mol. The molecule has 0 aliphatic heterocycles. The molecule has 8 nitrogen and oxygen atoms in total. The molecule has 29 heavy (non-hydrogen) atoms. The van der Waals surface area contributed by atoms with E-state index in [9.17, 15) is 18.0 Å². The minimum atomic E-state index is -4.02. The van der Waals surface area contributed by atoms with Crippen molar-refractivity contribution in [2.75, 3.05) is 6.54 Å². The van der Waals surface area contributed by atoms with Crippen molar-refractivity contribution in [3.8, 4) is 0 Å². The number of carboxylic acids is 1. The number of benzene rings is 1. The zero-order valence-electron chi connectivity index (χ0n) is 17.1. The summed E-state index contributed by atoms with van der Waals surface area (Å²) in [6, 6.07) is 5.99. The van der Waals surface area contributed by atoms with Gasteiger partial charge < -0.3 is 15.2 Å². The van der Waals surface area contributed by atoms with Crippen LogP contribution in [0, 0.1) is 12.8 Å². The van der Waals surface area contributed by atoms with E-state index >= 15 is 0 Å². The highest BCUT2D eigenvalue weighted by atomic mass is 32.2. The van der Waals surface area contributed by atoms with Gasteiger partial charge in [0.1, 0.15) is 11.1 Å². The number of carbonyl (C=O) groups excluding carboxylic acids is 1. The maximum atomic E-state index is 11.5. The van der Waals surface area contributed by atoms with Crippen molar-refractivity contribution >= 4 is 22.1 Å². The fourth-order valence-corrected chi connectivity index (χ4v) is 3.07. The molecular weight excluding hydrogens is 398 g/mol. The average molecular weight is 428 g/mol. The number of carbonyl (C=O) groups is 2. The molecule has 1 saturated carbocycles. The normalized spacial score (nSPS) is 20.8. The molecule has 1 aromatic carbocycles. The Morgan fingerprint density at radius 1 is 1.31 bits per heavy atom. The fraction of sp³-hybridized carbons (Fsp3) is 0.500. The monoisotopic (exact) mass is 427 g/mol. The lowest BCUT2D eigenvalue weighted by Crippen LogP contribution is -2.42. The van der Waals surface area contributed by atoms with Crippen LogP contribution in [-0.2, 0) is 24.4 Å². The van der Waals surface area contributed by atoms with Crippen molar-refractivity contribution in [2.45, 2.75) is 56.6 Å². The number of nitrogens with one attached hydrogen (secondary N) is 1. The molecule has 1 aliphatic carbocycles. The van der Waals surface area contributed by atoms with E-state index in [0.717, 1.165) is 5.56 Å². The third-order valence-corrected chi connectivity index (χ3v) is 5.06. The number of aryl methyl sites for hydroxylation is 1. The van der Waals surface area contributed by atoms with Crippen LogP contribution in [0.25, 0.3) is 0 Å². The van der Waals surface area contributed by atoms with Crippen LogP contribution in [0.2, 0.25) is 0 Å². The van der Waals surface area contributed by atoms with Crippen molar-refractivity contribution in [3.05, 3.63) is 42.5 Å². The largest absolute Gasteiger partial charge is 0.480 e. The summed E-state index contributed by atoms with van der Waals surface area (Å²) in [5.74, 6) is -1.28. The molecule has 1 aliphatic rings. The van der Waals surface area contributed by atoms with Crippen LogP contribution in [0.4, 0.5) is 0 Å². The van der Waals surface area contributed by atoms with Crippen LogP contribution in [0.15, 0.2) is 41.8 Å². The first-order valence-electron chi connectivity index (χ1n) is 9.08. The predicted octanol–water partition coefficient (Wildman–Crippen LogP) is 2.58. The minimum absolute atomic E-state index is 0.0614. The van der Waals surface area contributed by atoms with Crippen molar-refractivity contribution in [1.29, 1.82) is 0 Å². The maximum absolute atomic E-state index is 11.5. The van der Waals surface area contributed by atoms with Crippen LogP contribution in [0.1, 0.15) is 39.2 Å². The quantitative estimate of drug-likeness (QED) is 0.344. The van der Waals surface area contributed by atoms with Crippen LogP contribution in [-0.4, -0.2) is 47.7 Å². The average Bonchev–Trinajstić information content (AvgIpc) is 3.28. The van der Waals surface area contributed by atoms with Gasteiger partial charge >= 0.3 is 11.9 Å². The van der Waals surface area contributed by atoms with E-state index in [-0.39, 0.29) is 23.2 Å². The summed E-state index contributed by atoms with van der Waals surface area (Å²) < 4.78 is 34.7. The van der Waals surface area contributed by atoms with E-state index in [1.165, 1.54) is 12.1 Å². The van der Waals surface area contributed by atoms with Gasteiger partial charge in [-0.1, -0.05) is 23.8 Å². The van der Waals surface area contributed by atoms with Gasteiger partial charge in [-0.3, -0.25) is 14.1 Å². The van der Waals surface area contributed by atoms with E-state index in [4.69, 9.17) is 14.4 Å². The molecule has 2 rings (SSSR count). The molecule has 162 valence electrons. The summed E-state index contributed by atoms with van der Waals surface area (Å²) in [7, 11) is -4.02. The summed E-state index contributed by atoms with van der Waals surface area (Å²) in [5.41, 5.74) is -0.480. The highest BCUT2D eigenvalue weighted by Gasteiger charge is 2.58. The Hall–Kier alpha value is -2.23. The van der Waals surface area contributed by atoms with Crippen LogP contribution in [0.5, 0.6) is 0 Å². The Morgan fingerprint density at radius 2 is 1.86 bits per heavy atom. The lowest BCUT2D eigenvalue weighted by Gasteiger charge is -2.20. The lowest BCUT2D eigenvalue weighted by molar-refractivity contribution is -0.155. The number of esters is 1. The van der Waals surface area contributed by atoms with E-state index < -0.39 is 27.2 Å². The smallest absolute Gasteiger partial charge is 0.324 e. The molecule has 0 amide bonds. The van der Waals surface area contributed by atoms with Crippen LogP contribution >= 0.6 is 0 Å². The van der Waals surface area contributed by atoms with E-state index in [2.05, 4.69) is 11.9 Å². The number of carboxylic acid groups (broad SMARTS) is 1. The van der Waals surface area contributed by atoms with E-state index in [1.54, 1.807) is 39.0 Å². The van der Waals surface area contributed by atoms with Gasteiger partial charge in [0.05, 0.1) is 11.3 Å². The Morgan fingerprint density at radius 3 is 2.24 bits per heavy atom. The molecule has 1 fully saturated rings. The molecule has 0 saturated heterocycles. The van der Waals surface area contributed by atoms with Crippen LogP contribution < -0.4 is 5.32 Å². The second kappa shape index (κ2) is 9.51. The van der Waals surface area contributed by atoms with Crippen LogP contribution in [0.3, 0.4) is 0 Å². The van der Waals surface area contributed by atoms with Crippen molar-refractivity contribution in [3.63, 3.8) is 0 Å². The zero-order valence-corrected chi connectivity index (χ0v) is 18.0. The molecule has 0 aromatic heterocycles. The summed E-state index contributed by atoms with van der Waals surface area (Å²) in [6.45, 7) is 11.1. The fourth-order valence-electron chi connectivity index (χ4n) is 2.59. The topological polar surface area (TPSA) is 130 Å². The van der Waals surface area contributed by atoms with Gasteiger partial charge in [0.15, 0.2) is 0 Å². The van der Waals surface area contributed by atoms with Gasteiger partial charge in [0, 0.05) is 12.5 Å². The summed E-state index contributed by atoms with van der Waals surface area (Å²) in [4.78, 5) is 22.5.